The van der Waals surface area contributed by atoms with Crippen molar-refractivity contribution < 1.29 is 33.7 Å². The van der Waals surface area contributed by atoms with Crippen LogP contribution in [-0.4, -0.2) is 47.2 Å². The molecule has 3 aliphatic rings. The van der Waals surface area contributed by atoms with Crippen molar-refractivity contribution in [2.24, 2.45) is 17.3 Å². The average molecular weight is 440 g/mol. The zero-order valence-corrected chi connectivity index (χ0v) is 18.7. The lowest BCUT2D eigenvalue weighted by Gasteiger charge is -2.52. The molecule has 0 unspecified atom stereocenters. The standard InChI is InChI=1S/C25H28O7/c1-15-14-17(26)19(22(29)32-23(2,3)4)20-24(30-12-13-31-24)11-10-18(27)25(15,20)21(28)16-8-6-5-7-9-16/h5-11,15,20,26H,12-14H2,1-4H3/t15-,20+,25+/m0/s1. The highest BCUT2D eigenvalue weighted by molar-refractivity contribution is 6.20. The number of aliphatic hydroxyl groups is 1. The maximum absolute atomic E-state index is 14.1. The van der Waals surface area contributed by atoms with Crippen LogP contribution >= 0.6 is 0 Å². The van der Waals surface area contributed by atoms with Crippen molar-refractivity contribution in [3.8, 4) is 0 Å². The fourth-order valence-corrected chi connectivity index (χ4v) is 5.14. The number of ether oxygens (including phenoxy) is 3. The molecule has 1 fully saturated rings. The Morgan fingerprint density at radius 2 is 1.75 bits per heavy atom. The molecule has 7 nitrogen and oxygen atoms in total. The zero-order valence-electron chi connectivity index (χ0n) is 18.7. The van der Waals surface area contributed by atoms with Gasteiger partial charge in [0.1, 0.15) is 16.8 Å². The minimum Gasteiger partial charge on any atom is -0.512 e. The predicted molar refractivity (Wildman–Crippen MR) is 115 cm³/mol. The van der Waals surface area contributed by atoms with E-state index in [-0.39, 0.29) is 31.0 Å². The maximum Gasteiger partial charge on any atom is 0.338 e. The van der Waals surface area contributed by atoms with Crippen molar-refractivity contribution in [2.45, 2.75) is 45.5 Å². The average Bonchev–Trinajstić information content (AvgIpc) is 3.19. The van der Waals surface area contributed by atoms with Gasteiger partial charge in [-0.1, -0.05) is 37.3 Å². The van der Waals surface area contributed by atoms with Crippen molar-refractivity contribution in [3.63, 3.8) is 0 Å². The summed E-state index contributed by atoms with van der Waals surface area (Å²) < 4.78 is 17.5. The molecule has 32 heavy (non-hydrogen) atoms. The van der Waals surface area contributed by atoms with E-state index in [1.54, 1.807) is 58.0 Å². The SMILES string of the molecule is C[C@H]1CC(O)=C(C(=O)OC(C)(C)C)[C@@H]2C3(C=CC(=O)[C@@]21C(=O)c1ccccc1)OCCO3. The molecule has 7 heteroatoms. The summed E-state index contributed by atoms with van der Waals surface area (Å²) in [4.78, 5) is 41.0. The maximum atomic E-state index is 14.1. The molecule has 0 aromatic heterocycles. The molecule has 4 rings (SSSR count). The van der Waals surface area contributed by atoms with Gasteiger partial charge in [0.05, 0.1) is 24.7 Å². The van der Waals surface area contributed by atoms with E-state index in [2.05, 4.69) is 0 Å². The number of carbonyl (C=O) groups excluding carboxylic acids is 3. The summed E-state index contributed by atoms with van der Waals surface area (Å²) in [7, 11) is 0. The van der Waals surface area contributed by atoms with Gasteiger partial charge in [-0.05, 0) is 38.8 Å². The van der Waals surface area contributed by atoms with Gasteiger partial charge in [-0.15, -0.1) is 0 Å². The molecule has 0 bridgehead atoms. The number of carbonyl (C=O) groups is 3. The van der Waals surface area contributed by atoms with Crippen molar-refractivity contribution in [1.82, 2.24) is 0 Å². The first-order chi connectivity index (χ1) is 15.0. The number of allylic oxidation sites excluding steroid dienone is 2. The van der Waals surface area contributed by atoms with Gasteiger partial charge in [0.25, 0.3) is 0 Å². The minimum absolute atomic E-state index is 0.0285. The Morgan fingerprint density at radius 3 is 2.34 bits per heavy atom. The number of aliphatic hydroxyl groups excluding tert-OH is 1. The summed E-state index contributed by atoms with van der Waals surface area (Å²) in [5.41, 5.74) is -2.34. The number of Topliss-reactive ketones (excluding diaryl/α,β-unsaturated/α-hetero) is 1. The van der Waals surface area contributed by atoms with Crippen LogP contribution < -0.4 is 0 Å². The van der Waals surface area contributed by atoms with Crippen molar-refractivity contribution in [1.29, 1.82) is 0 Å². The van der Waals surface area contributed by atoms with Crippen LogP contribution in [0.15, 0.2) is 53.8 Å². The van der Waals surface area contributed by atoms with Gasteiger partial charge >= 0.3 is 5.97 Å². The lowest BCUT2D eigenvalue weighted by atomic mass is 9.51. The van der Waals surface area contributed by atoms with Crippen LogP contribution in [0.1, 0.15) is 44.5 Å². The number of esters is 1. The Balaban J connectivity index is 1.98. The molecule has 1 N–H and O–H groups in total. The Bertz CT molecular complexity index is 1010. The van der Waals surface area contributed by atoms with Crippen molar-refractivity contribution >= 4 is 17.5 Å². The summed E-state index contributed by atoms with van der Waals surface area (Å²) in [6, 6.07) is 8.49. The lowest BCUT2D eigenvalue weighted by Crippen LogP contribution is -2.63. The van der Waals surface area contributed by atoms with Crippen LogP contribution in [-0.2, 0) is 23.8 Å². The molecular weight excluding hydrogens is 412 g/mol. The second kappa shape index (κ2) is 7.67. The van der Waals surface area contributed by atoms with Crippen LogP contribution in [0.4, 0.5) is 0 Å². The molecule has 0 radical (unpaired) electrons. The van der Waals surface area contributed by atoms with E-state index in [1.807, 2.05) is 0 Å². The molecule has 170 valence electrons. The van der Waals surface area contributed by atoms with Crippen LogP contribution in [0.25, 0.3) is 0 Å². The Kier molecular flexibility index (Phi) is 5.38. The number of ketones is 2. The summed E-state index contributed by atoms with van der Waals surface area (Å²) in [5, 5.41) is 11.0. The highest BCUT2D eigenvalue weighted by Gasteiger charge is 2.69. The molecule has 1 spiro atoms. The summed E-state index contributed by atoms with van der Waals surface area (Å²) in [6.07, 6.45) is 2.74. The monoisotopic (exact) mass is 440 g/mol. The van der Waals surface area contributed by atoms with Crippen LogP contribution in [0.2, 0.25) is 0 Å². The molecule has 1 aromatic rings. The minimum atomic E-state index is -1.70. The molecule has 0 saturated carbocycles. The Morgan fingerprint density at radius 1 is 1.12 bits per heavy atom. The Hall–Kier alpha value is -2.77. The van der Waals surface area contributed by atoms with E-state index >= 15 is 0 Å². The van der Waals surface area contributed by atoms with Gasteiger partial charge in [-0.2, -0.15) is 0 Å². The molecule has 1 aliphatic heterocycles. The largest absolute Gasteiger partial charge is 0.512 e. The molecule has 1 saturated heterocycles. The van der Waals surface area contributed by atoms with E-state index in [4.69, 9.17) is 14.2 Å². The highest BCUT2D eigenvalue weighted by atomic mass is 16.7. The molecular formula is C25H28O7. The van der Waals surface area contributed by atoms with Gasteiger partial charge in [0.2, 0.25) is 0 Å². The third kappa shape index (κ3) is 3.31. The first-order valence-corrected chi connectivity index (χ1v) is 10.8. The summed E-state index contributed by atoms with van der Waals surface area (Å²) in [5.74, 6) is -5.23. The van der Waals surface area contributed by atoms with Crippen molar-refractivity contribution in [2.75, 3.05) is 13.2 Å². The normalized spacial score (nSPS) is 29.2. The second-order valence-electron chi connectivity index (χ2n) is 9.58. The van der Waals surface area contributed by atoms with Gasteiger partial charge in [0.15, 0.2) is 17.4 Å². The van der Waals surface area contributed by atoms with Gasteiger partial charge in [0, 0.05) is 12.0 Å². The van der Waals surface area contributed by atoms with E-state index < -0.39 is 46.2 Å². The fraction of sp³-hybridized carbons (Fsp3) is 0.480. The number of hydrogen-bond acceptors (Lipinski definition) is 7. The fourth-order valence-electron chi connectivity index (χ4n) is 5.14. The third-order valence-corrected chi connectivity index (χ3v) is 6.38. The number of hydrogen-bond donors (Lipinski definition) is 1. The van der Waals surface area contributed by atoms with Gasteiger partial charge in [-0.25, -0.2) is 4.79 Å². The summed E-state index contributed by atoms with van der Waals surface area (Å²) >= 11 is 0. The highest BCUT2D eigenvalue weighted by Crippen LogP contribution is 2.58. The third-order valence-electron chi connectivity index (χ3n) is 6.38. The van der Waals surface area contributed by atoms with Gasteiger partial charge in [-0.3, -0.25) is 9.59 Å². The first-order valence-electron chi connectivity index (χ1n) is 10.8. The van der Waals surface area contributed by atoms with E-state index in [1.165, 1.54) is 12.2 Å². The van der Waals surface area contributed by atoms with Crippen molar-refractivity contribution in [3.05, 3.63) is 59.4 Å². The van der Waals surface area contributed by atoms with E-state index in [9.17, 15) is 19.5 Å². The zero-order chi connectivity index (χ0) is 23.3. The van der Waals surface area contributed by atoms with E-state index in [0.717, 1.165) is 0 Å². The van der Waals surface area contributed by atoms with Gasteiger partial charge < -0.3 is 19.3 Å². The van der Waals surface area contributed by atoms with Crippen LogP contribution in [0, 0.1) is 17.3 Å². The molecule has 2 aliphatic carbocycles. The number of rotatable bonds is 3. The predicted octanol–water partition coefficient (Wildman–Crippen LogP) is 3.55. The summed E-state index contributed by atoms with van der Waals surface area (Å²) in [6.45, 7) is 7.31. The lowest BCUT2D eigenvalue weighted by molar-refractivity contribution is -0.193. The van der Waals surface area contributed by atoms with Crippen LogP contribution in [0.5, 0.6) is 0 Å². The number of fused-ring (bicyclic) bond motifs is 2. The topological polar surface area (TPSA) is 99.1 Å². The quantitative estimate of drug-likeness (QED) is 0.436. The molecule has 3 atom stereocenters. The second-order valence-corrected chi connectivity index (χ2v) is 9.58. The number of benzene rings is 1. The molecule has 0 amide bonds. The molecule has 1 heterocycles. The van der Waals surface area contributed by atoms with E-state index in [0.29, 0.717) is 5.56 Å². The smallest absolute Gasteiger partial charge is 0.338 e. The van der Waals surface area contributed by atoms with Crippen LogP contribution in [0.3, 0.4) is 0 Å². The molecule has 1 aromatic carbocycles. The first kappa shape index (κ1) is 22.4. The Labute approximate surface area is 187 Å².